The molecule has 0 unspecified atom stereocenters. The van der Waals surface area contributed by atoms with Crippen LogP contribution in [-0.4, -0.2) is 59.2 Å². The predicted octanol–water partition coefficient (Wildman–Crippen LogP) is 1.20. The molecule has 0 aliphatic carbocycles. The molecular weight excluding hydrogens is 292 g/mol. The summed E-state index contributed by atoms with van der Waals surface area (Å²) in [5.74, 6) is 1.90. The highest BCUT2D eigenvalue weighted by molar-refractivity contribution is 5.78. The Kier molecular flexibility index (Phi) is 5.67. The molecule has 1 atom stereocenters. The molecule has 1 aromatic heterocycles. The fraction of sp³-hybridized carbons (Fsp3) is 0.765. The number of aryl methyl sites for hydroxylation is 1. The molecule has 0 saturated carbocycles. The maximum absolute atomic E-state index is 12.0. The molecule has 1 aromatic rings. The topological polar surface area (TPSA) is 59.4 Å². The molecule has 128 valence electrons. The molecule has 2 fully saturated rings. The van der Waals surface area contributed by atoms with E-state index in [0.29, 0.717) is 19.0 Å². The third kappa shape index (κ3) is 4.78. The predicted molar refractivity (Wildman–Crippen MR) is 88.1 cm³/mol. The van der Waals surface area contributed by atoms with Crippen molar-refractivity contribution in [3.63, 3.8) is 0 Å². The lowest BCUT2D eigenvalue weighted by molar-refractivity contribution is -0.123. The monoisotopic (exact) mass is 320 g/mol. The summed E-state index contributed by atoms with van der Waals surface area (Å²) in [6.07, 6.45) is 8.63. The van der Waals surface area contributed by atoms with Crippen LogP contribution in [0.25, 0.3) is 0 Å². The van der Waals surface area contributed by atoms with Gasteiger partial charge in [-0.25, -0.2) is 4.98 Å². The lowest BCUT2D eigenvalue weighted by Gasteiger charge is -2.31. The number of rotatable bonds is 6. The first-order chi connectivity index (χ1) is 11.2. The van der Waals surface area contributed by atoms with Crippen molar-refractivity contribution >= 4 is 5.91 Å². The maximum Gasteiger partial charge on any atom is 0.234 e. The molecule has 1 N–H and O–H groups in total. The quantitative estimate of drug-likeness (QED) is 0.856. The van der Waals surface area contributed by atoms with Crippen LogP contribution in [0, 0.1) is 12.8 Å². The molecule has 1 amide bonds. The third-order valence-electron chi connectivity index (χ3n) is 5.00. The van der Waals surface area contributed by atoms with Gasteiger partial charge in [-0.1, -0.05) is 0 Å². The van der Waals surface area contributed by atoms with Crippen molar-refractivity contribution in [1.82, 2.24) is 19.8 Å². The lowest BCUT2D eigenvalue weighted by Crippen LogP contribution is -2.43. The van der Waals surface area contributed by atoms with Gasteiger partial charge in [-0.2, -0.15) is 0 Å². The van der Waals surface area contributed by atoms with E-state index in [2.05, 4.69) is 26.0 Å². The van der Waals surface area contributed by atoms with Crippen LogP contribution < -0.4 is 5.32 Å². The van der Waals surface area contributed by atoms with Gasteiger partial charge in [0.15, 0.2) is 0 Å². The van der Waals surface area contributed by atoms with Gasteiger partial charge in [0.25, 0.3) is 0 Å². The Bertz CT molecular complexity index is 502. The first kappa shape index (κ1) is 16.5. The molecule has 2 aliphatic heterocycles. The van der Waals surface area contributed by atoms with Crippen LogP contribution in [0.2, 0.25) is 0 Å². The Labute approximate surface area is 138 Å². The summed E-state index contributed by atoms with van der Waals surface area (Å²) in [5.41, 5.74) is 0. The number of nitrogens with one attached hydrogen (secondary N) is 1. The molecule has 0 bridgehead atoms. The SMILES string of the molecule is Cc1nccn1CC1CCN(CC(=O)NC[C@H]2CCCO2)CC1. The zero-order valence-corrected chi connectivity index (χ0v) is 14.0. The second kappa shape index (κ2) is 7.93. The van der Waals surface area contributed by atoms with Gasteiger partial charge in [0, 0.05) is 32.1 Å². The van der Waals surface area contributed by atoms with Gasteiger partial charge < -0.3 is 14.6 Å². The number of hydrogen-bond acceptors (Lipinski definition) is 4. The molecule has 2 saturated heterocycles. The van der Waals surface area contributed by atoms with Crippen LogP contribution in [-0.2, 0) is 16.1 Å². The average molecular weight is 320 g/mol. The molecule has 23 heavy (non-hydrogen) atoms. The summed E-state index contributed by atoms with van der Waals surface area (Å²) in [6, 6.07) is 0. The third-order valence-corrected chi connectivity index (χ3v) is 5.00. The van der Waals surface area contributed by atoms with E-state index in [0.717, 1.165) is 57.7 Å². The Morgan fingerprint density at radius 3 is 2.87 bits per heavy atom. The summed E-state index contributed by atoms with van der Waals surface area (Å²) in [6.45, 7) is 7.12. The minimum Gasteiger partial charge on any atom is -0.376 e. The standard InChI is InChI=1S/C17H28N4O2/c1-14-18-6-9-21(14)12-15-4-7-20(8-5-15)13-17(22)19-11-16-3-2-10-23-16/h6,9,15-16H,2-5,7-8,10-13H2,1H3,(H,19,22)/t16-/m1/s1. The number of nitrogens with zero attached hydrogens (tertiary/aromatic N) is 3. The van der Waals surface area contributed by atoms with Crippen molar-refractivity contribution in [3.8, 4) is 0 Å². The Morgan fingerprint density at radius 1 is 1.39 bits per heavy atom. The van der Waals surface area contributed by atoms with Crippen LogP contribution in [0.4, 0.5) is 0 Å². The Morgan fingerprint density at radius 2 is 2.22 bits per heavy atom. The number of likely N-dealkylation sites (tertiary alicyclic amines) is 1. The number of carbonyl (C=O) groups is 1. The van der Waals surface area contributed by atoms with Gasteiger partial charge >= 0.3 is 0 Å². The molecule has 6 heteroatoms. The number of amides is 1. The van der Waals surface area contributed by atoms with Crippen LogP contribution in [0.3, 0.4) is 0 Å². The van der Waals surface area contributed by atoms with Crippen molar-refractivity contribution in [3.05, 3.63) is 18.2 Å². The second-order valence-electron chi connectivity index (χ2n) is 6.79. The van der Waals surface area contributed by atoms with E-state index >= 15 is 0 Å². The minimum absolute atomic E-state index is 0.129. The maximum atomic E-state index is 12.0. The highest BCUT2D eigenvalue weighted by atomic mass is 16.5. The van der Waals surface area contributed by atoms with Gasteiger partial charge in [-0.15, -0.1) is 0 Å². The molecule has 3 heterocycles. The zero-order valence-electron chi connectivity index (χ0n) is 14.0. The fourth-order valence-corrected chi connectivity index (χ4v) is 3.49. The number of imidazole rings is 1. The summed E-state index contributed by atoms with van der Waals surface area (Å²) in [4.78, 5) is 18.6. The van der Waals surface area contributed by atoms with E-state index in [1.807, 2.05) is 13.1 Å². The second-order valence-corrected chi connectivity index (χ2v) is 6.79. The summed E-state index contributed by atoms with van der Waals surface area (Å²) >= 11 is 0. The van der Waals surface area contributed by atoms with E-state index < -0.39 is 0 Å². The highest BCUT2D eigenvalue weighted by Crippen LogP contribution is 2.19. The van der Waals surface area contributed by atoms with Gasteiger partial charge in [-0.3, -0.25) is 9.69 Å². The molecular formula is C17H28N4O2. The van der Waals surface area contributed by atoms with Gasteiger partial charge in [-0.05, 0) is 51.6 Å². The van der Waals surface area contributed by atoms with Crippen molar-refractivity contribution in [2.24, 2.45) is 5.92 Å². The Hall–Kier alpha value is -1.40. The van der Waals surface area contributed by atoms with E-state index in [4.69, 9.17) is 4.74 Å². The molecule has 2 aliphatic rings. The summed E-state index contributed by atoms with van der Waals surface area (Å²) in [5, 5.41) is 3.01. The van der Waals surface area contributed by atoms with Crippen molar-refractivity contribution in [2.45, 2.75) is 45.3 Å². The van der Waals surface area contributed by atoms with Crippen LogP contribution in [0.5, 0.6) is 0 Å². The van der Waals surface area contributed by atoms with Gasteiger partial charge in [0.2, 0.25) is 5.91 Å². The van der Waals surface area contributed by atoms with E-state index in [1.54, 1.807) is 0 Å². The number of hydrogen-bond donors (Lipinski definition) is 1. The van der Waals surface area contributed by atoms with Crippen LogP contribution in [0.1, 0.15) is 31.5 Å². The molecule has 6 nitrogen and oxygen atoms in total. The number of ether oxygens (including phenoxy) is 1. The van der Waals surface area contributed by atoms with Crippen LogP contribution in [0.15, 0.2) is 12.4 Å². The minimum atomic E-state index is 0.129. The molecule has 0 spiro atoms. The average Bonchev–Trinajstić information content (AvgIpc) is 3.20. The van der Waals surface area contributed by atoms with E-state index in [9.17, 15) is 4.79 Å². The first-order valence-electron chi connectivity index (χ1n) is 8.79. The van der Waals surface area contributed by atoms with Crippen molar-refractivity contribution in [1.29, 1.82) is 0 Å². The molecule has 0 radical (unpaired) electrons. The lowest BCUT2D eigenvalue weighted by atomic mass is 9.96. The largest absolute Gasteiger partial charge is 0.376 e. The van der Waals surface area contributed by atoms with E-state index in [1.165, 1.54) is 0 Å². The smallest absolute Gasteiger partial charge is 0.234 e. The highest BCUT2D eigenvalue weighted by Gasteiger charge is 2.22. The van der Waals surface area contributed by atoms with Crippen molar-refractivity contribution < 1.29 is 9.53 Å². The van der Waals surface area contributed by atoms with Gasteiger partial charge in [0.05, 0.1) is 12.6 Å². The normalized spacial score (nSPS) is 23.3. The Balaban J connectivity index is 1.34. The fourth-order valence-electron chi connectivity index (χ4n) is 3.49. The van der Waals surface area contributed by atoms with Gasteiger partial charge in [0.1, 0.15) is 5.82 Å². The summed E-state index contributed by atoms with van der Waals surface area (Å²) in [7, 11) is 0. The molecule has 3 rings (SSSR count). The molecule has 0 aromatic carbocycles. The first-order valence-corrected chi connectivity index (χ1v) is 8.79. The number of carbonyl (C=O) groups excluding carboxylic acids is 1. The van der Waals surface area contributed by atoms with Crippen molar-refractivity contribution in [2.75, 3.05) is 32.8 Å². The summed E-state index contributed by atoms with van der Waals surface area (Å²) < 4.78 is 7.76. The van der Waals surface area contributed by atoms with Crippen LogP contribution >= 0.6 is 0 Å². The zero-order chi connectivity index (χ0) is 16.1. The van der Waals surface area contributed by atoms with E-state index in [-0.39, 0.29) is 12.0 Å². The number of aromatic nitrogens is 2. The number of piperidine rings is 1.